The smallest absolute Gasteiger partial charge is 0.255 e. The van der Waals surface area contributed by atoms with Crippen molar-refractivity contribution < 1.29 is 9.53 Å². The standard InChI is InChI=1S/C15H23N3O2/c1-17(10-11-18-8-3-4-9-18)15(19)12-6-5-7-13(20-2)14(12)16/h5-7H,3-4,8-11,16H2,1-2H3. The fourth-order valence-electron chi connectivity index (χ4n) is 2.51. The highest BCUT2D eigenvalue weighted by Gasteiger charge is 2.18. The molecule has 1 amide bonds. The molecular weight excluding hydrogens is 254 g/mol. The molecule has 2 rings (SSSR count). The summed E-state index contributed by atoms with van der Waals surface area (Å²) < 4.78 is 5.15. The zero-order valence-corrected chi connectivity index (χ0v) is 12.3. The number of nitrogen functional groups attached to an aromatic ring is 1. The highest BCUT2D eigenvalue weighted by Crippen LogP contribution is 2.25. The van der Waals surface area contributed by atoms with Gasteiger partial charge in [0.25, 0.3) is 5.91 Å². The first-order valence-corrected chi connectivity index (χ1v) is 7.03. The van der Waals surface area contributed by atoms with Crippen LogP contribution < -0.4 is 10.5 Å². The van der Waals surface area contributed by atoms with Gasteiger partial charge < -0.3 is 20.3 Å². The fraction of sp³-hybridized carbons (Fsp3) is 0.533. The topological polar surface area (TPSA) is 58.8 Å². The van der Waals surface area contributed by atoms with Gasteiger partial charge in [-0.15, -0.1) is 0 Å². The summed E-state index contributed by atoms with van der Waals surface area (Å²) >= 11 is 0. The molecule has 0 radical (unpaired) electrons. The Labute approximate surface area is 120 Å². The Morgan fingerprint density at radius 2 is 2.10 bits per heavy atom. The Balaban J connectivity index is 1.99. The van der Waals surface area contributed by atoms with Crippen LogP contribution in [-0.4, -0.2) is 56.0 Å². The van der Waals surface area contributed by atoms with E-state index in [9.17, 15) is 4.79 Å². The Kier molecular flexibility index (Phi) is 4.84. The van der Waals surface area contributed by atoms with Crippen LogP contribution in [0.2, 0.25) is 0 Å². The lowest BCUT2D eigenvalue weighted by molar-refractivity contribution is 0.0783. The van der Waals surface area contributed by atoms with Crippen LogP contribution in [-0.2, 0) is 0 Å². The van der Waals surface area contributed by atoms with Gasteiger partial charge in [-0.3, -0.25) is 4.79 Å². The summed E-state index contributed by atoms with van der Waals surface area (Å²) in [6.07, 6.45) is 2.53. The predicted molar refractivity (Wildman–Crippen MR) is 80.0 cm³/mol. The number of para-hydroxylation sites is 1. The van der Waals surface area contributed by atoms with Crippen molar-refractivity contribution in [3.63, 3.8) is 0 Å². The largest absolute Gasteiger partial charge is 0.495 e. The molecule has 20 heavy (non-hydrogen) atoms. The molecule has 0 atom stereocenters. The lowest BCUT2D eigenvalue weighted by Crippen LogP contribution is -2.35. The number of anilines is 1. The van der Waals surface area contributed by atoms with Crippen LogP contribution in [0.3, 0.4) is 0 Å². The van der Waals surface area contributed by atoms with Gasteiger partial charge in [0.1, 0.15) is 5.75 Å². The van der Waals surface area contributed by atoms with Crippen LogP contribution in [0.1, 0.15) is 23.2 Å². The first kappa shape index (κ1) is 14.7. The molecule has 0 spiro atoms. The molecular formula is C15H23N3O2. The van der Waals surface area contributed by atoms with Gasteiger partial charge in [-0.2, -0.15) is 0 Å². The zero-order chi connectivity index (χ0) is 14.5. The molecule has 5 nitrogen and oxygen atoms in total. The van der Waals surface area contributed by atoms with E-state index < -0.39 is 0 Å². The van der Waals surface area contributed by atoms with Gasteiger partial charge in [-0.1, -0.05) is 6.07 Å². The monoisotopic (exact) mass is 277 g/mol. The van der Waals surface area contributed by atoms with Gasteiger partial charge in [-0.25, -0.2) is 0 Å². The van der Waals surface area contributed by atoms with Crippen LogP contribution in [0.25, 0.3) is 0 Å². The van der Waals surface area contributed by atoms with Crippen LogP contribution in [0.5, 0.6) is 5.75 Å². The molecule has 1 saturated heterocycles. The summed E-state index contributed by atoms with van der Waals surface area (Å²) in [5.41, 5.74) is 6.89. The number of likely N-dealkylation sites (N-methyl/N-ethyl adjacent to an activating group) is 1. The van der Waals surface area contributed by atoms with Crippen molar-refractivity contribution in [3.8, 4) is 5.75 Å². The number of benzene rings is 1. The van der Waals surface area contributed by atoms with E-state index in [2.05, 4.69) is 4.90 Å². The Morgan fingerprint density at radius 3 is 2.75 bits per heavy atom. The average molecular weight is 277 g/mol. The van der Waals surface area contributed by atoms with Gasteiger partial charge in [0.15, 0.2) is 0 Å². The van der Waals surface area contributed by atoms with E-state index in [-0.39, 0.29) is 5.91 Å². The normalized spacial score (nSPS) is 15.3. The van der Waals surface area contributed by atoms with Crippen molar-refractivity contribution in [1.29, 1.82) is 0 Å². The van der Waals surface area contributed by atoms with Crippen LogP contribution in [0.15, 0.2) is 18.2 Å². The van der Waals surface area contributed by atoms with Crippen molar-refractivity contribution in [2.45, 2.75) is 12.8 Å². The van der Waals surface area contributed by atoms with Gasteiger partial charge in [0.05, 0.1) is 18.4 Å². The molecule has 1 aromatic rings. The molecule has 1 aromatic carbocycles. The number of nitrogens with zero attached hydrogens (tertiary/aromatic N) is 2. The van der Waals surface area contributed by atoms with Crippen molar-refractivity contribution in [2.24, 2.45) is 0 Å². The second-order valence-corrected chi connectivity index (χ2v) is 5.20. The second kappa shape index (κ2) is 6.61. The van der Waals surface area contributed by atoms with Gasteiger partial charge >= 0.3 is 0 Å². The molecule has 1 heterocycles. The minimum atomic E-state index is -0.0550. The summed E-state index contributed by atoms with van der Waals surface area (Å²) in [5.74, 6) is 0.490. The van der Waals surface area contributed by atoms with Gasteiger partial charge in [0.2, 0.25) is 0 Å². The number of methoxy groups -OCH3 is 1. The summed E-state index contributed by atoms with van der Waals surface area (Å²) in [5, 5.41) is 0. The number of hydrogen-bond acceptors (Lipinski definition) is 4. The predicted octanol–water partition coefficient (Wildman–Crippen LogP) is 1.45. The SMILES string of the molecule is COc1cccc(C(=O)N(C)CCN2CCCC2)c1N. The number of carbonyl (C=O) groups is 1. The number of hydrogen-bond donors (Lipinski definition) is 1. The molecule has 1 fully saturated rings. The third kappa shape index (κ3) is 3.22. The molecule has 0 unspecified atom stereocenters. The van der Waals surface area contributed by atoms with Crippen molar-refractivity contribution in [3.05, 3.63) is 23.8 Å². The number of ether oxygens (including phenoxy) is 1. The lowest BCUT2D eigenvalue weighted by atomic mass is 10.1. The molecule has 2 N–H and O–H groups in total. The molecule has 0 saturated carbocycles. The molecule has 1 aliphatic heterocycles. The van der Waals surface area contributed by atoms with Crippen LogP contribution in [0, 0.1) is 0 Å². The number of rotatable bonds is 5. The molecule has 0 bridgehead atoms. The maximum atomic E-state index is 12.4. The maximum absolute atomic E-state index is 12.4. The second-order valence-electron chi connectivity index (χ2n) is 5.20. The summed E-state index contributed by atoms with van der Waals surface area (Å²) in [4.78, 5) is 16.5. The number of amides is 1. The molecule has 5 heteroatoms. The quantitative estimate of drug-likeness (QED) is 0.828. The first-order chi connectivity index (χ1) is 9.63. The first-order valence-electron chi connectivity index (χ1n) is 7.03. The Bertz CT molecular complexity index is 470. The third-order valence-corrected chi connectivity index (χ3v) is 3.81. The molecule has 1 aliphatic rings. The highest BCUT2D eigenvalue weighted by molar-refractivity contribution is 6.00. The van der Waals surface area contributed by atoms with Crippen LogP contribution in [0.4, 0.5) is 5.69 Å². The average Bonchev–Trinajstić information content (AvgIpc) is 2.97. The highest BCUT2D eigenvalue weighted by atomic mass is 16.5. The number of carbonyl (C=O) groups excluding carboxylic acids is 1. The maximum Gasteiger partial charge on any atom is 0.255 e. The minimum absolute atomic E-state index is 0.0550. The Morgan fingerprint density at radius 1 is 1.40 bits per heavy atom. The van der Waals surface area contributed by atoms with Crippen molar-refractivity contribution in [2.75, 3.05) is 46.1 Å². The molecule has 0 aromatic heterocycles. The van der Waals surface area contributed by atoms with Gasteiger partial charge in [0, 0.05) is 20.1 Å². The van der Waals surface area contributed by atoms with E-state index in [1.807, 2.05) is 7.05 Å². The van der Waals surface area contributed by atoms with Crippen molar-refractivity contribution >= 4 is 11.6 Å². The number of likely N-dealkylation sites (tertiary alicyclic amines) is 1. The van der Waals surface area contributed by atoms with E-state index in [0.29, 0.717) is 17.0 Å². The van der Waals surface area contributed by atoms with E-state index in [4.69, 9.17) is 10.5 Å². The molecule has 110 valence electrons. The fourth-order valence-corrected chi connectivity index (χ4v) is 2.51. The van der Waals surface area contributed by atoms with E-state index in [0.717, 1.165) is 26.2 Å². The third-order valence-electron chi connectivity index (χ3n) is 3.81. The van der Waals surface area contributed by atoms with E-state index in [1.54, 1.807) is 30.2 Å². The summed E-state index contributed by atoms with van der Waals surface area (Å²) in [6, 6.07) is 5.29. The van der Waals surface area contributed by atoms with Crippen molar-refractivity contribution in [1.82, 2.24) is 9.80 Å². The lowest BCUT2D eigenvalue weighted by Gasteiger charge is -2.22. The van der Waals surface area contributed by atoms with Crippen LogP contribution >= 0.6 is 0 Å². The zero-order valence-electron chi connectivity index (χ0n) is 12.3. The Hall–Kier alpha value is -1.75. The van der Waals surface area contributed by atoms with E-state index in [1.165, 1.54) is 12.8 Å². The van der Waals surface area contributed by atoms with Gasteiger partial charge in [-0.05, 0) is 38.1 Å². The number of nitrogens with two attached hydrogens (primary N) is 1. The molecule has 0 aliphatic carbocycles. The summed E-state index contributed by atoms with van der Waals surface area (Å²) in [7, 11) is 3.37. The summed E-state index contributed by atoms with van der Waals surface area (Å²) in [6.45, 7) is 3.92. The van der Waals surface area contributed by atoms with E-state index >= 15 is 0 Å². The minimum Gasteiger partial charge on any atom is -0.495 e.